The van der Waals surface area contributed by atoms with Crippen LogP contribution in [-0.2, 0) is 29.9 Å². The topological polar surface area (TPSA) is 209 Å². The van der Waals surface area contributed by atoms with Gasteiger partial charge in [0, 0.05) is 120 Å². The number of rotatable bonds is 18. The van der Waals surface area contributed by atoms with Crippen molar-refractivity contribution in [2.24, 2.45) is 0 Å². The molecule has 3 aliphatic carbocycles. The van der Waals surface area contributed by atoms with E-state index in [-0.39, 0.29) is 77.7 Å². The van der Waals surface area contributed by atoms with Crippen molar-refractivity contribution in [1.82, 2.24) is 49.5 Å². The summed E-state index contributed by atoms with van der Waals surface area (Å²) in [6.45, 7) is 19.4. The van der Waals surface area contributed by atoms with Crippen molar-refractivity contribution in [1.29, 1.82) is 0 Å². The number of aryl methyl sites for hydroxylation is 2. The van der Waals surface area contributed by atoms with Crippen LogP contribution in [0.4, 0.5) is 38.8 Å². The lowest BCUT2D eigenvalue weighted by atomic mass is 9.74. The Balaban J connectivity index is 0.663. The van der Waals surface area contributed by atoms with E-state index in [4.69, 9.17) is 29.4 Å². The van der Waals surface area contributed by atoms with Gasteiger partial charge in [-0.2, -0.15) is 0 Å². The molecule has 2 unspecified atom stereocenters. The van der Waals surface area contributed by atoms with Gasteiger partial charge in [0.2, 0.25) is 11.8 Å². The number of fused-ring (bicyclic) bond motifs is 6. The number of halogens is 1. The van der Waals surface area contributed by atoms with Gasteiger partial charge in [-0.15, -0.1) is 0 Å². The zero-order valence-electron chi connectivity index (χ0n) is 61.3. The lowest BCUT2D eigenvalue weighted by molar-refractivity contribution is -0.128. The predicted molar refractivity (Wildman–Crippen MR) is 404 cm³/mol. The van der Waals surface area contributed by atoms with E-state index >= 15 is 14.0 Å². The Hall–Kier alpha value is -8.63. The summed E-state index contributed by atoms with van der Waals surface area (Å²) >= 11 is 0. The second-order valence-electron chi connectivity index (χ2n) is 32.3. The number of benzene rings is 4. The maximum Gasteiger partial charge on any atom is 0.251 e. The second-order valence-corrected chi connectivity index (χ2v) is 32.3. The molecule has 8 aromatic rings. The molecule has 10 heterocycles. The van der Waals surface area contributed by atoms with Gasteiger partial charge in [0.25, 0.3) is 11.8 Å². The Labute approximate surface area is 608 Å². The fourth-order valence-corrected chi connectivity index (χ4v) is 19.0. The number of pyridine rings is 2. The molecular formula is C83H99FN14O6. The van der Waals surface area contributed by atoms with Crippen molar-refractivity contribution in [2.75, 3.05) is 66.5 Å². The minimum absolute atomic E-state index is 0.00630. The molecule has 2 spiro atoms. The van der Waals surface area contributed by atoms with E-state index in [1.165, 1.54) is 25.3 Å². The smallest absolute Gasteiger partial charge is 0.251 e. The van der Waals surface area contributed by atoms with E-state index < -0.39 is 16.6 Å². The SMILES string of the molecule is Cc1cc(F)c(Nc2nc(-c3ccc4c(c3)N(C3CC(N5CCCCC5)C3)C(=O)C43CCOCC3)cc3ncn(C(C)CC4CCCCN4C4CC(N5C(=O)C6(CCOCC6)c6ccc(-c7cc8ncn(C(C)C)c8c(Nc8ccc(C)c(C(=O)NC9CCC9)c8)n7)cc65)C4)c23)cc1C(=O)NC(C)C. The predicted octanol–water partition coefficient (Wildman–Crippen LogP) is 14.6. The first kappa shape index (κ1) is 68.5. The van der Waals surface area contributed by atoms with Crippen molar-refractivity contribution in [3.63, 3.8) is 0 Å². The highest BCUT2D eigenvalue weighted by atomic mass is 19.1. The molecule has 0 bridgehead atoms. The third kappa shape index (κ3) is 12.0. The number of aromatic nitrogens is 6. The van der Waals surface area contributed by atoms with Gasteiger partial charge in [-0.1, -0.05) is 43.2 Å². The number of nitrogens with one attached hydrogen (secondary N) is 4. The van der Waals surface area contributed by atoms with E-state index in [0.717, 1.165) is 157 Å². The molecule has 3 saturated carbocycles. The van der Waals surface area contributed by atoms with Gasteiger partial charge in [0.05, 0.1) is 51.6 Å². The molecule has 2 atom stereocenters. The minimum Gasteiger partial charge on any atom is -0.381 e. The first-order chi connectivity index (χ1) is 50.4. The van der Waals surface area contributed by atoms with Crippen LogP contribution in [0.25, 0.3) is 44.6 Å². The molecule has 104 heavy (non-hydrogen) atoms. The molecule has 0 radical (unpaired) electrons. The molecule has 4 saturated heterocycles. The van der Waals surface area contributed by atoms with E-state index in [2.05, 4.69) is 113 Å². The molecule has 6 aliphatic heterocycles. The summed E-state index contributed by atoms with van der Waals surface area (Å²) in [5.74, 6) is 0.541. The first-order valence-electron chi connectivity index (χ1n) is 38.8. The maximum absolute atomic E-state index is 16.7. The fourth-order valence-electron chi connectivity index (χ4n) is 19.0. The van der Waals surface area contributed by atoms with Crippen LogP contribution in [-0.4, -0.2) is 151 Å². The van der Waals surface area contributed by atoms with Crippen LogP contribution in [0.5, 0.6) is 0 Å². The lowest BCUT2D eigenvalue weighted by Crippen LogP contribution is -2.59. The molecule has 21 heteroatoms. The van der Waals surface area contributed by atoms with Gasteiger partial charge in [0.1, 0.15) is 16.9 Å². The molecule has 4 aromatic heterocycles. The quantitative estimate of drug-likeness (QED) is 0.0630. The Bertz CT molecular complexity index is 4680. The summed E-state index contributed by atoms with van der Waals surface area (Å²) in [4.78, 5) is 88.5. The highest BCUT2D eigenvalue weighted by molar-refractivity contribution is 6.11. The van der Waals surface area contributed by atoms with Crippen molar-refractivity contribution < 1.29 is 33.0 Å². The number of imidazole rings is 2. The number of anilines is 6. The lowest BCUT2D eigenvalue weighted by Gasteiger charge is -2.51. The van der Waals surface area contributed by atoms with E-state index in [1.54, 1.807) is 13.0 Å². The third-order valence-electron chi connectivity index (χ3n) is 25.2. The summed E-state index contributed by atoms with van der Waals surface area (Å²) in [7, 11) is 0. The number of ether oxygens (including phenoxy) is 2. The second kappa shape index (κ2) is 27.4. The average Bonchev–Trinajstić information content (AvgIpc) is 1.56. The molecule has 9 aliphatic rings. The molecule has 544 valence electrons. The van der Waals surface area contributed by atoms with Gasteiger partial charge in [-0.05, 0) is 242 Å². The van der Waals surface area contributed by atoms with Crippen molar-refractivity contribution in [3.05, 3.63) is 131 Å². The number of hydrogen-bond acceptors (Lipinski definition) is 14. The van der Waals surface area contributed by atoms with Crippen LogP contribution in [0.15, 0.2) is 91.5 Å². The van der Waals surface area contributed by atoms with Gasteiger partial charge >= 0.3 is 0 Å². The number of hydrogen-bond donors (Lipinski definition) is 4. The standard InChI is InChI=1S/C83H99FN14O6/c1-48(2)87-78(99)63-43-69(66(84)34-51(63)6)92-77-75-71(45-68(91-77)54-19-22-64-72(37-54)97(80(101)82(64)23-30-103-31-24-82)60-39-58(40-60)93-27-10-8-11-28-93)86-47-96(75)52(7)35-57-16-9-12-29-94(57)59-41-61(42-59)98-73-36-53(18-21-65(73)83(81(98)102)25-32-104-33-26-83)67-44-70-74(95(46-85-70)49(3)4)76(90-67)88-56-20-17-50(5)62(38-56)79(100)89-55-14-13-15-55/h17-22,34,36-38,43-49,52,55,57-61H,8-16,23-33,35,39-42H2,1-7H3,(H,87,99)(H,88,90)(H,89,100)(H,91,92). The third-order valence-corrected chi connectivity index (χ3v) is 25.2. The zero-order valence-corrected chi connectivity index (χ0v) is 61.3. The fraction of sp³-hybridized carbons (Fsp3) is 0.518. The Morgan fingerprint density at radius 1 is 0.587 bits per heavy atom. The van der Waals surface area contributed by atoms with Crippen LogP contribution in [0, 0.1) is 19.7 Å². The molecule has 17 rings (SSSR count). The Kier molecular flexibility index (Phi) is 18.0. The van der Waals surface area contributed by atoms with E-state index in [0.29, 0.717) is 97.7 Å². The normalized spacial score (nSPS) is 23.5. The molecule has 20 nitrogen and oxygen atoms in total. The zero-order chi connectivity index (χ0) is 71.4. The van der Waals surface area contributed by atoms with Crippen LogP contribution in [0.1, 0.15) is 205 Å². The van der Waals surface area contributed by atoms with Crippen LogP contribution in [0.3, 0.4) is 0 Å². The number of nitrogens with zero attached hydrogens (tertiary/aromatic N) is 10. The highest BCUT2D eigenvalue weighted by Gasteiger charge is 2.57. The largest absolute Gasteiger partial charge is 0.381 e. The summed E-state index contributed by atoms with van der Waals surface area (Å²) < 4.78 is 32.9. The number of carbonyl (C=O) groups is 4. The first-order valence-corrected chi connectivity index (χ1v) is 38.8. The number of carbonyl (C=O) groups excluding carboxylic acids is 4. The number of likely N-dealkylation sites (tertiary alicyclic amines) is 2. The van der Waals surface area contributed by atoms with Crippen molar-refractivity contribution in [3.8, 4) is 22.5 Å². The monoisotopic (exact) mass is 1410 g/mol. The molecular weight excluding hydrogens is 1310 g/mol. The van der Waals surface area contributed by atoms with E-state index in [9.17, 15) is 9.59 Å². The average molecular weight is 1410 g/mol. The van der Waals surface area contributed by atoms with Gasteiger partial charge in [-0.25, -0.2) is 24.3 Å². The van der Waals surface area contributed by atoms with Crippen LogP contribution >= 0.6 is 0 Å². The number of amides is 4. The maximum atomic E-state index is 16.7. The Morgan fingerprint density at radius 3 is 1.74 bits per heavy atom. The molecule has 7 fully saturated rings. The van der Waals surface area contributed by atoms with Gasteiger partial charge in [-0.3, -0.25) is 24.1 Å². The van der Waals surface area contributed by atoms with Crippen molar-refractivity contribution in [2.45, 2.75) is 229 Å². The summed E-state index contributed by atoms with van der Waals surface area (Å²) in [5.41, 5.74) is 12.2. The van der Waals surface area contributed by atoms with Crippen molar-refractivity contribution >= 4 is 80.1 Å². The van der Waals surface area contributed by atoms with Crippen LogP contribution < -0.4 is 31.1 Å². The highest BCUT2D eigenvalue weighted by Crippen LogP contribution is 2.55. The molecule has 4 N–H and O–H groups in total. The molecule has 4 amide bonds. The summed E-state index contributed by atoms with van der Waals surface area (Å²) in [6, 6.07) is 27.1. The van der Waals surface area contributed by atoms with Gasteiger partial charge < -0.3 is 54.6 Å². The summed E-state index contributed by atoms with van der Waals surface area (Å²) in [5, 5.41) is 13.3. The van der Waals surface area contributed by atoms with Crippen LogP contribution in [0.2, 0.25) is 0 Å². The number of piperidine rings is 2. The molecule has 4 aromatic carbocycles. The van der Waals surface area contributed by atoms with Gasteiger partial charge in [0.15, 0.2) is 11.6 Å². The van der Waals surface area contributed by atoms with E-state index in [1.807, 2.05) is 57.7 Å². The minimum atomic E-state index is -0.676. The Morgan fingerprint density at radius 2 is 1.15 bits per heavy atom. The summed E-state index contributed by atoms with van der Waals surface area (Å²) in [6.07, 6.45) is 20.8.